The average Bonchev–Trinajstić information content (AvgIpc) is 2.92. The van der Waals surface area contributed by atoms with Crippen molar-refractivity contribution in [2.75, 3.05) is 12.8 Å². The standard InChI is InChI=1S/C16H19N3O3S/c1-11-5-6-13(12(2)9-11)14-10-15(19-18-14)16(20)17-7-4-8-23(3,21)22/h4-6,8-10H,7H2,1-3H3,(H,17,20)(H,18,19)/b8-4+. The van der Waals surface area contributed by atoms with Crippen LogP contribution in [0.25, 0.3) is 11.3 Å². The van der Waals surface area contributed by atoms with Crippen molar-refractivity contribution in [1.82, 2.24) is 15.5 Å². The van der Waals surface area contributed by atoms with Gasteiger partial charge in [0.05, 0.1) is 5.69 Å². The Hall–Kier alpha value is -2.41. The number of rotatable bonds is 5. The van der Waals surface area contributed by atoms with E-state index in [-0.39, 0.29) is 12.5 Å². The van der Waals surface area contributed by atoms with Gasteiger partial charge in [0.25, 0.3) is 5.91 Å². The van der Waals surface area contributed by atoms with Crippen molar-refractivity contribution in [3.63, 3.8) is 0 Å². The Labute approximate surface area is 135 Å². The van der Waals surface area contributed by atoms with Crippen LogP contribution >= 0.6 is 0 Å². The second-order valence-corrected chi connectivity index (χ2v) is 7.33. The molecule has 0 aliphatic heterocycles. The zero-order chi connectivity index (χ0) is 17.0. The van der Waals surface area contributed by atoms with Gasteiger partial charge >= 0.3 is 0 Å². The van der Waals surface area contributed by atoms with Crippen LogP contribution in [0.3, 0.4) is 0 Å². The molecule has 0 bridgehead atoms. The first-order valence-electron chi connectivity index (χ1n) is 7.04. The molecule has 0 aliphatic rings. The number of nitrogens with one attached hydrogen (secondary N) is 2. The lowest BCUT2D eigenvalue weighted by molar-refractivity contribution is 0.0953. The first-order chi connectivity index (χ1) is 10.8. The van der Waals surface area contributed by atoms with E-state index in [0.29, 0.717) is 11.4 Å². The monoisotopic (exact) mass is 333 g/mol. The minimum atomic E-state index is -3.18. The van der Waals surface area contributed by atoms with Crippen LogP contribution in [0.15, 0.2) is 35.7 Å². The number of aryl methyl sites for hydroxylation is 2. The third-order valence-corrected chi connectivity index (χ3v) is 3.89. The van der Waals surface area contributed by atoms with Crippen LogP contribution in [0.4, 0.5) is 0 Å². The fourth-order valence-electron chi connectivity index (χ4n) is 2.15. The third kappa shape index (κ3) is 4.79. The summed E-state index contributed by atoms with van der Waals surface area (Å²) in [5.41, 5.74) is 4.23. The van der Waals surface area contributed by atoms with Crippen molar-refractivity contribution >= 4 is 15.7 Å². The lowest BCUT2D eigenvalue weighted by Crippen LogP contribution is -2.23. The number of carbonyl (C=O) groups excluding carboxylic acids is 1. The number of carbonyl (C=O) groups is 1. The summed E-state index contributed by atoms with van der Waals surface area (Å²) < 4.78 is 21.9. The molecule has 122 valence electrons. The molecule has 2 aromatic rings. The van der Waals surface area contributed by atoms with Gasteiger partial charge in [-0.1, -0.05) is 29.8 Å². The van der Waals surface area contributed by atoms with Crippen molar-refractivity contribution < 1.29 is 13.2 Å². The van der Waals surface area contributed by atoms with Crippen LogP contribution in [0, 0.1) is 13.8 Å². The molecule has 0 fully saturated rings. The predicted molar refractivity (Wildman–Crippen MR) is 89.8 cm³/mol. The molecule has 1 aromatic heterocycles. The van der Waals surface area contributed by atoms with E-state index in [1.165, 1.54) is 6.08 Å². The molecule has 0 aliphatic carbocycles. The van der Waals surface area contributed by atoms with Gasteiger partial charge in [-0.15, -0.1) is 0 Å². The maximum Gasteiger partial charge on any atom is 0.269 e. The van der Waals surface area contributed by atoms with E-state index in [1.54, 1.807) is 6.07 Å². The summed E-state index contributed by atoms with van der Waals surface area (Å²) >= 11 is 0. The molecule has 1 heterocycles. The van der Waals surface area contributed by atoms with Crippen LogP contribution in [0.5, 0.6) is 0 Å². The van der Waals surface area contributed by atoms with Gasteiger partial charge in [0.1, 0.15) is 5.69 Å². The van der Waals surface area contributed by atoms with E-state index in [4.69, 9.17) is 0 Å². The largest absolute Gasteiger partial charge is 0.347 e. The van der Waals surface area contributed by atoms with E-state index in [9.17, 15) is 13.2 Å². The molecule has 2 rings (SSSR count). The summed E-state index contributed by atoms with van der Waals surface area (Å²) in [6, 6.07) is 7.69. The summed E-state index contributed by atoms with van der Waals surface area (Å²) in [6.45, 7) is 4.14. The second kappa shape index (κ2) is 6.78. The normalized spacial score (nSPS) is 11.8. The van der Waals surface area contributed by atoms with Gasteiger partial charge in [-0.05, 0) is 25.5 Å². The molecule has 0 unspecified atom stereocenters. The number of nitrogens with zero attached hydrogens (tertiary/aromatic N) is 1. The predicted octanol–water partition coefficient (Wildman–Crippen LogP) is 1.98. The smallest absolute Gasteiger partial charge is 0.269 e. The zero-order valence-electron chi connectivity index (χ0n) is 13.3. The molecular weight excluding hydrogens is 314 g/mol. The van der Waals surface area contributed by atoms with Crippen molar-refractivity contribution in [1.29, 1.82) is 0 Å². The highest BCUT2D eigenvalue weighted by Gasteiger charge is 2.11. The number of hydrogen-bond acceptors (Lipinski definition) is 4. The molecular formula is C16H19N3O3S. The van der Waals surface area contributed by atoms with Gasteiger partial charge in [0, 0.05) is 23.8 Å². The number of H-pyrrole nitrogens is 1. The van der Waals surface area contributed by atoms with Crippen molar-refractivity contribution in [2.24, 2.45) is 0 Å². The highest BCUT2D eigenvalue weighted by atomic mass is 32.2. The van der Waals surface area contributed by atoms with Gasteiger partial charge < -0.3 is 5.32 Å². The summed E-state index contributed by atoms with van der Waals surface area (Å²) in [5, 5.41) is 10.5. The Bertz CT molecular complexity index is 851. The molecule has 0 spiro atoms. The SMILES string of the molecule is Cc1ccc(-c2cc(C(=O)NC/C=C/S(C)(=O)=O)[nH]n2)c(C)c1. The topological polar surface area (TPSA) is 91.9 Å². The van der Waals surface area contributed by atoms with E-state index >= 15 is 0 Å². The first kappa shape index (κ1) is 17.0. The molecule has 0 atom stereocenters. The van der Waals surface area contributed by atoms with Crippen LogP contribution in [0.2, 0.25) is 0 Å². The first-order valence-corrected chi connectivity index (χ1v) is 8.99. The van der Waals surface area contributed by atoms with E-state index < -0.39 is 9.84 Å². The Morgan fingerprint density at radius 2 is 2.04 bits per heavy atom. The van der Waals surface area contributed by atoms with Gasteiger partial charge in [-0.2, -0.15) is 5.10 Å². The van der Waals surface area contributed by atoms with Gasteiger partial charge in [0.2, 0.25) is 0 Å². The number of aromatic amines is 1. The zero-order valence-corrected chi connectivity index (χ0v) is 14.1. The molecule has 0 saturated carbocycles. The highest BCUT2D eigenvalue weighted by Crippen LogP contribution is 2.22. The average molecular weight is 333 g/mol. The third-order valence-electron chi connectivity index (χ3n) is 3.20. The van der Waals surface area contributed by atoms with Gasteiger partial charge in [-0.25, -0.2) is 8.42 Å². The summed E-state index contributed by atoms with van der Waals surface area (Å²) in [6.07, 6.45) is 2.48. The maximum absolute atomic E-state index is 12.0. The molecule has 0 saturated heterocycles. The number of aromatic nitrogens is 2. The van der Waals surface area contributed by atoms with Crippen LogP contribution in [0.1, 0.15) is 21.6 Å². The fourth-order valence-corrected chi connectivity index (χ4v) is 2.59. The van der Waals surface area contributed by atoms with Gasteiger partial charge in [-0.3, -0.25) is 9.89 Å². The number of hydrogen-bond donors (Lipinski definition) is 2. The van der Waals surface area contributed by atoms with Crippen LogP contribution in [-0.4, -0.2) is 37.3 Å². The number of amides is 1. The summed E-state index contributed by atoms with van der Waals surface area (Å²) in [7, 11) is -3.18. The molecule has 23 heavy (non-hydrogen) atoms. The molecule has 1 aromatic carbocycles. The van der Waals surface area contributed by atoms with E-state index in [1.807, 2.05) is 26.0 Å². The quantitative estimate of drug-likeness (QED) is 0.875. The highest BCUT2D eigenvalue weighted by molar-refractivity contribution is 7.93. The number of sulfone groups is 1. The van der Waals surface area contributed by atoms with Crippen molar-refractivity contribution in [3.8, 4) is 11.3 Å². The Kier molecular flexibility index (Phi) is 5.00. The minimum absolute atomic E-state index is 0.129. The van der Waals surface area contributed by atoms with E-state index in [2.05, 4.69) is 21.6 Å². The lowest BCUT2D eigenvalue weighted by Gasteiger charge is -2.03. The van der Waals surface area contributed by atoms with Crippen molar-refractivity contribution in [2.45, 2.75) is 13.8 Å². The molecule has 1 amide bonds. The van der Waals surface area contributed by atoms with Crippen molar-refractivity contribution in [3.05, 3.63) is 52.6 Å². The van der Waals surface area contributed by atoms with Gasteiger partial charge in [0.15, 0.2) is 9.84 Å². The summed E-state index contributed by atoms with van der Waals surface area (Å²) in [5.74, 6) is -0.341. The maximum atomic E-state index is 12.0. The number of benzene rings is 1. The van der Waals surface area contributed by atoms with Crippen LogP contribution < -0.4 is 5.32 Å². The minimum Gasteiger partial charge on any atom is -0.347 e. The Morgan fingerprint density at radius 3 is 2.70 bits per heavy atom. The van der Waals surface area contributed by atoms with E-state index in [0.717, 1.165) is 28.4 Å². The van der Waals surface area contributed by atoms with Crippen LogP contribution in [-0.2, 0) is 9.84 Å². The molecule has 6 nitrogen and oxygen atoms in total. The second-order valence-electron chi connectivity index (χ2n) is 5.40. The molecule has 2 N–H and O–H groups in total. The Balaban J connectivity index is 2.07. The summed E-state index contributed by atoms with van der Waals surface area (Å²) in [4.78, 5) is 12.0. The molecule has 0 radical (unpaired) electrons. The Morgan fingerprint density at radius 1 is 1.30 bits per heavy atom. The lowest BCUT2D eigenvalue weighted by atomic mass is 10.0. The fraction of sp³-hybridized carbons (Fsp3) is 0.250. The molecule has 7 heteroatoms.